The van der Waals surface area contributed by atoms with Crippen molar-refractivity contribution in [2.45, 2.75) is 319 Å². The van der Waals surface area contributed by atoms with E-state index in [0.717, 1.165) is 145 Å². The van der Waals surface area contributed by atoms with Crippen molar-refractivity contribution in [3.05, 3.63) is 152 Å². The lowest BCUT2D eigenvalue weighted by Gasteiger charge is -2.51. The SMILES string of the molecule is CCCC(c1ccc(O)c(C)c1)c1ccc(O)c(C)c1.CCCCCCCCOc1cc(C)c(OCCCCCCCC)cc1C.CCCCCCCCc1cc2c(cc1O)C(CCC)CC(C)(C)O2.COc1cc2c(cc1C)OC1(CC2(C)C)CC(C)(C)c2cc(OC)c(C)cc2O1. The number of unbranched alkanes of at least 4 members (excludes halogenated alkanes) is 15. The lowest BCUT2D eigenvalue weighted by Crippen LogP contribution is -2.55. The second-order valence-corrected chi connectivity index (χ2v) is 31.0. The topological polar surface area (TPSA) is 125 Å². The Morgan fingerprint density at radius 1 is 0.424 bits per heavy atom. The van der Waals surface area contributed by atoms with Crippen molar-refractivity contribution in [3.63, 3.8) is 0 Å². The first-order chi connectivity index (χ1) is 47.2. The molecule has 3 heterocycles. The van der Waals surface area contributed by atoms with Crippen LogP contribution in [0.3, 0.4) is 0 Å². The summed E-state index contributed by atoms with van der Waals surface area (Å²) in [6.07, 6.45) is 31.2. The third kappa shape index (κ3) is 23.7. The predicted octanol–water partition coefficient (Wildman–Crippen LogP) is 25.0. The van der Waals surface area contributed by atoms with Crippen molar-refractivity contribution < 1.29 is 48.5 Å². The minimum atomic E-state index is -0.699. The summed E-state index contributed by atoms with van der Waals surface area (Å²) in [4.78, 5) is 0. The minimum absolute atomic E-state index is 0.107. The summed E-state index contributed by atoms with van der Waals surface area (Å²) in [6.45, 7) is 38.4. The summed E-state index contributed by atoms with van der Waals surface area (Å²) in [5.74, 6) is 7.87. The molecule has 0 saturated carbocycles. The predicted molar refractivity (Wildman–Crippen MR) is 413 cm³/mol. The number of phenolic OH excluding ortho intramolecular Hbond substituents is 3. The Kier molecular flexibility index (Phi) is 32.0. The van der Waals surface area contributed by atoms with Gasteiger partial charge in [0, 0.05) is 46.3 Å². The van der Waals surface area contributed by atoms with Crippen molar-refractivity contribution in [3.8, 4) is 57.5 Å². The van der Waals surface area contributed by atoms with E-state index in [0.29, 0.717) is 29.1 Å². The molecule has 0 saturated heterocycles. The third-order valence-electron chi connectivity index (χ3n) is 20.5. The van der Waals surface area contributed by atoms with Crippen LogP contribution in [0.4, 0.5) is 0 Å². The molecule has 3 N–H and O–H groups in total. The van der Waals surface area contributed by atoms with Crippen LogP contribution >= 0.6 is 0 Å². The van der Waals surface area contributed by atoms with Crippen molar-refractivity contribution in [2.75, 3.05) is 27.4 Å². The molecule has 99 heavy (non-hydrogen) atoms. The number of hydrogen-bond donors (Lipinski definition) is 3. The van der Waals surface area contributed by atoms with Gasteiger partial charge in [-0.3, -0.25) is 0 Å². The second-order valence-electron chi connectivity index (χ2n) is 31.0. The average molecular weight is 1360 g/mol. The number of methoxy groups -OCH3 is 2. The molecule has 6 aromatic carbocycles. The molecule has 1 unspecified atom stereocenters. The first-order valence-electron chi connectivity index (χ1n) is 38.4. The van der Waals surface area contributed by atoms with Crippen LogP contribution in [-0.4, -0.2) is 54.1 Å². The van der Waals surface area contributed by atoms with Crippen LogP contribution in [-0.2, 0) is 17.3 Å². The van der Waals surface area contributed by atoms with E-state index in [2.05, 4.69) is 145 Å². The smallest absolute Gasteiger partial charge is 0.252 e. The number of fused-ring (bicyclic) bond motifs is 3. The van der Waals surface area contributed by atoms with E-state index in [1.165, 1.54) is 142 Å². The minimum Gasteiger partial charge on any atom is -0.508 e. The Hall–Kier alpha value is -6.68. The van der Waals surface area contributed by atoms with Crippen molar-refractivity contribution in [1.29, 1.82) is 0 Å². The number of ether oxygens (including phenoxy) is 7. The molecule has 1 spiro atoms. The van der Waals surface area contributed by atoms with Crippen LogP contribution in [0.5, 0.6) is 57.5 Å². The molecule has 3 aliphatic rings. The van der Waals surface area contributed by atoms with E-state index < -0.39 is 5.79 Å². The number of aromatic hydroxyl groups is 3. The number of phenols is 3. The van der Waals surface area contributed by atoms with Gasteiger partial charge < -0.3 is 48.5 Å². The van der Waals surface area contributed by atoms with E-state index in [4.69, 9.17) is 33.2 Å². The summed E-state index contributed by atoms with van der Waals surface area (Å²) in [5.41, 5.74) is 13.0. The van der Waals surface area contributed by atoms with Crippen LogP contribution in [0.15, 0.2) is 84.9 Å². The molecular formula is C89H132O10. The quantitative estimate of drug-likeness (QED) is 0.0362. The van der Waals surface area contributed by atoms with Crippen LogP contribution in [0.2, 0.25) is 0 Å². The fourth-order valence-corrected chi connectivity index (χ4v) is 14.9. The number of hydrogen-bond acceptors (Lipinski definition) is 10. The lowest BCUT2D eigenvalue weighted by molar-refractivity contribution is -0.166. The fraction of sp³-hybridized carbons (Fsp3) is 0.596. The normalized spacial score (nSPS) is 15.6. The molecule has 3 aliphatic heterocycles. The number of aryl methyl sites for hydroxylation is 7. The highest BCUT2D eigenvalue weighted by molar-refractivity contribution is 5.55. The highest BCUT2D eigenvalue weighted by Gasteiger charge is 2.53. The van der Waals surface area contributed by atoms with Gasteiger partial charge in [-0.25, -0.2) is 0 Å². The van der Waals surface area contributed by atoms with E-state index >= 15 is 0 Å². The maximum Gasteiger partial charge on any atom is 0.252 e. The summed E-state index contributed by atoms with van der Waals surface area (Å²) in [7, 11) is 3.43. The molecule has 0 amide bonds. The second kappa shape index (κ2) is 38.9. The summed E-state index contributed by atoms with van der Waals surface area (Å²) < 4.78 is 42.7. The van der Waals surface area contributed by atoms with E-state index in [1.54, 1.807) is 26.4 Å². The first kappa shape index (κ1) is 81.3. The van der Waals surface area contributed by atoms with Gasteiger partial charge in [-0.05, 0) is 217 Å². The molecular weight excluding hydrogens is 1230 g/mol. The Bertz CT molecular complexity index is 3270. The molecule has 0 aliphatic carbocycles. The number of rotatable bonds is 31. The van der Waals surface area contributed by atoms with E-state index in [1.807, 2.05) is 45.9 Å². The van der Waals surface area contributed by atoms with E-state index in [9.17, 15) is 15.3 Å². The summed E-state index contributed by atoms with van der Waals surface area (Å²) in [6, 6.07) is 28.4. The summed E-state index contributed by atoms with van der Waals surface area (Å²) >= 11 is 0. The fourth-order valence-electron chi connectivity index (χ4n) is 14.9. The van der Waals surface area contributed by atoms with Gasteiger partial charge in [-0.15, -0.1) is 0 Å². The highest BCUT2D eigenvalue weighted by atomic mass is 16.7. The molecule has 0 fully saturated rings. The summed E-state index contributed by atoms with van der Waals surface area (Å²) in [5, 5.41) is 29.8. The van der Waals surface area contributed by atoms with Gasteiger partial charge in [-0.1, -0.05) is 196 Å². The van der Waals surface area contributed by atoms with Crippen molar-refractivity contribution in [2.24, 2.45) is 0 Å². The lowest BCUT2D eigenvalue weighted by atomic mass is 9.69. The van der Waals surface area contributed by atoms with Gasteiger partial charge >= 0.3 is 0 Å². The molecule has 0 radical (unpaired) electrons. The van der Waals surface area contributed by atoms with Crippen LogP contribution < -0.4 is 33.2 Å². The molecule has 10 heteroatoms. The zero-order chi connectivity index (χ0) is 72.5. The van der Waals surface area contributed by atoms with Gasteiger partial charge in [0.1, 0.15) is 63.1 Å². The number of benzene rings is 6. The first-order valence-corrected chi connectivity index (χ1v) is 38.4. The van der Waals surface area contributed by atoms with Crippen LogP contribution in [0, 0.1) is 41.5 Å². The van der Waals surface area contributed by atoms with Crippen LogP contribution in [0.1, 0.15) is 315 Å². The van der Waals surface area contributed by atoms with Gasteiger partial charge in [0.2, 0.25) is 0 Å². The standard InChI is InChI=1S/C25H32O4.C24H42O2.C22H36O2.C18H22O2/c1-15-9-21-17(11-19(15)26-7)23(3,4)13-25(28-21)14-24(5,6)18-12-20(27-8)16(2)10-22(18)29-25;1-5-7-9-11-13-15-17-25-23-19-22(4)24(20-21(23)3)26-18-16-14-12-10-8-6-2;1-5-7-8-9-10-11-13-17-14-21-19(15-20(17)23)18(12-6-2)16-22(3,4)24-21;1-4-5-16(14-6-8-17(19)12(2)10-14)15-7-9-18(20)13(3)11-15/h9-12H,13-14H2,1-8H3;19-20H,5-18H2,1-4H3;14-15,18,23H,5-13,16H2,1-4H3;6-11,16,19-20H,4-5H2,1-3H3. The molecule has 10 nitrogen and oxygen atoms in total. The molecule has 0 bridgehead atoms. The third-order valence-corrected chi connectivity index (χ3v) is 20.5. The molecule has 9 rings (SSSR count). The van der Waals surface area contributed by atoms with E-state index in [-0.39, 0.29) is 16.4 Å². The Morgan fingerprint density at radius 2 is 0.848 bits per heavy atom. The monoisotopic (exact) mass is 1360 g/mol. The average Bonchev–Trinajstić information content (AvgIpc) is 0.722. The molecule has 1 atom stereocenters. The highest BCUT2D eigenvalue weighted by Crippen LogP contribution is 2.55. The molecule has 0 aromatic heterocycles. The largest absolute Gasteiger partial charge is 0.508 e. The zero-order valence-corrected chi connectivity index (χ0v) is 65.2. The maximum atomic E-state index is 10.5. The van der Waals surface area contributed by atoms with Crippen molar-refractivity contribution >= 4 is 0 Å². The van der Waals surface area contributed by atoms with Gasteiger partial charge in [-0.2, -0.15) is 0 Å². The molecule has 548 valence electrons. The van der Waals surface area contributed by atoms with Crippen molar-refractivity contribution in [1.82, 2.24) is 0 Å². The van der Waals surface area contributed by atoms with Gasteiger partial charge in [0.15, 0.2) is 0 Å². The maximum absolute atomic E-state index is 10.5. The Labute approximate surface area is 600 Å². The van der Waals surface area contributed by atoms with Gasteiger partial charge in [0.05, 0.1) is 27.4 Å². The Balaban J connectivity index is 0.000000210. The zero-order valence-electron chi connectivity index (χ0n) is 65.2. The van der Waals surface area contributed by atoms with Gasteiger partial charge in [0.25, 0.3) is 5.79 Å². The molecule has 6 aromatic rings. The Morgan fingerprint density at radius 3 is 1.26 bits per heavy atom. The van der Waals surface area contributed by atoms with Crippen LogP contribution in [0.25, 0.3) is 0 Å².